The smallest absolute Gasteiger partial charge is 0.0938 e. The summed E-state index contributed by atoms with van der Waals surface area (Å²) in [5, 5.41) is 16.0. The molecule has 4 aromatic heterocycles. The fourth-order valence-electron chi connectivity index (χ4n) is 5.26. The molecule has 0 saturated heterocycles. The number of ether oxygens (including phenoxy) is 1. The molecule has 0 bridgehead atoms. The molecule has 8 nitrogen and oxygen atoms in total. The summed E-state index contributed by atoms with van der Waals surface area (Å²) in [5.41, 5.74) is 6.27. The molecular formula is C32H45ClN6O2. The van der Waals surface area contributed by atoms with Gasteiger partial charge in [0.2, 0.25) is 0 Å². The quantitative estimate of drug-likeness (QED) is 0.178. The van der Waals surface area contributed by atoms with E-state index < -0.39 is 0 Å². The topological polar surface area (TPSA) is 90.9 Å². The lowest BCUT2D eigenvalue weighted by molar-refractivity contribution is 0.185. The van der Waals surface area contributed by atoms with Gasteiger partial charge in [-0.3, -0.25) is 19.3 Å². The summed E-state index contributed by atoms with van der Waals surface area (Å²) in [6, 6.07) is 13.0. The largest absolute Gasteiger partial charge is 0.400 e. The van der Waals surface area contributed by atoms with Gasteiger partial charge in [0.15, 0.2) is 0 Å². The molecule has 2 aliphatic carbocycles. The fourth-order valence-corrected chi connectivity index (χ4v) is 5.47. The molecule has 1 fully saturated rings. The first-order valence-corrected chi connectivity index (χ1v) is 13.9. The average molecular weight is 581 g/mol. The van der Waals surface area contributed by atoms with Gasteiger partial charge in [0.05, 0.1) is 41.5 Å². The number of allylic oxidation sites excluding steroid dienone is 2. The predicted octanol–water partition coefficient (Wildman–Crippen LogP) is 7.66. The predicted molar refractivity (Wildman–Crippen MR) is 168 cm³/mol. The third-order valence-corrected chi connectivity index (χ3v) is 7.34. The van der Waals surface area contributed by atoms with Crippen LogP contribution in [0, 0.1) is 0 Å². The molecule has 0 spiro atoms. The fraction of sp³-hybridized carbons (Fsp3) is 0.438. The van der Waals surface area contributed by atoms with Gasteiger partial charge in [-0.05, 0) is 55.5 Å². The Hall–Kier alpha value is -3.33. The van der Waals surface area contributed by atoms with E-state index >= 15 is 0 Å². The minimum atomic E-state index is 0. The molecule has 0 aromatic carbocycles. The van der Waals surface area contributed by atoms with Crippen molar-refractivity contribution in [1.82, 2.24) is 29.5 Å². The summed E-state index contributed by atoms with van der Waals surface area (Å²) in [6.07, 6.45) is 18.9. The summed E-state index contributed by atoms with van der Waals surface area (Å²) >= 11 is 5.99. The van der Waals surface area contributed by atoms with E-state index in [1.807, 2.05) is 55.1 Å². The van der Waals surface area contributed by atoms with Crippen LogP contribution in [-0.4, -0.2) is 48.9 Å². The number of hydrogen-bond donors (Lipinski definition) is 1. The highest BCUT2D eigenvalue weighted by Gasteiger charge is 2.22. The first kappa shape index (κ1) is 33.9. The van der Waals surface area contributed by atoms with E-state index in [1.54, 1.807) is 7.11 Å². The Morgan fingerprint density at radius 3 is 1.83 bits per heavy atom. The number of rotatable bonds is 7. The van der Waals surface area contributed by atoms with Crippen molar-refractivity contribution in [1.29, 1.82) is 0 Å². The normalized spacial score (nSPS) is 14.3. The molecule has 2 aliphatic rings. The van der Waals surface area contributed by atoms with E-state index in [-0.39, 0.29) is 14.9 Å². The SMILES string of the molecule is C.C.CO.COCc1cccnc1-c1ccnn1C1CC=CC1.ClCc1cccnc1-c1ccnn1C1CCCC1. The molecule has 4 heterocycles. The van der Waals surface area contributed by atoms with E-state index in [0.29, 0.717) is 24.6 Å². The molecular weight excluding hydrogens is 536 g/mol. The highest BCUT2D eigenvalue weighted by atomic mass is 35.5. The van der Waals surface area contributed by atoms with Crippen LogP contribution in [-0.2, 0) is 17.2 Å². The van der Waals surface area contributed by atoms with Crippen LogP contribution in [0.15, 0.2) is 73.3 Å². The summed E-state index contributed by atoms with van der Waals surface area (Å²) in [5.74, 6) is 0.485. The highest BCUT2D eigenvalue weighted by molar-refractivity contribution is 6.17. The lowest BCUT2D eigenvalue weighted by atomic mass is 10.1. The Morgan fingerprint density at radius 1 is 0.780 bits per heavy atom. The average Bonchev–Trinajstić information content (AvgIpc) is 3.82. The van der Waals surface area contributed by atoms with Crippen LogP contribution in [0.4, 0.5) is 0 Å². The third-order valence-electron chi connectivity index (χ3n) is 7.05. The van der Waals surface area contributed by atoms with Gasteiger partial charge in [-0.15, -0.1) is 11.6 Å². The van der Waals surface area contributed by atoms with Crippen LogP contribution in [0.25, 0.3) is 22.8 Å². The zero-order valence-corrected chi connectivity index (χ0v) is 23.4. The second kappa shape index (κ2) is 17.5. The van der Waals surface area contributed by atoms with E-state index in [1.165, 1.54) is 25.7 Å². The number of nitrogens with zero attached hydrogens (tertiary/aromatic N) is 6. The van der Waals surface area contributed by atoms with Crippen molar-refractivity contribution in [3.05, 3.63) is 84.5 Å². The van der Waals surface area contributed by atoms with Crippen molar-refractivity contribution in [2.75, 3.05) is 14.2 Å². The Balaban J connectivity index is 0.000000259. The number of aromatic nitrogens is 6. The Morgan fingerprint density at radius 2 is 1.29 bits per heavy atom. The summed E-state index contributed by atoms with van der Waals surface area (Å²) in [6.45, 7) is 0.567. The van der Waals surface area contributed by atoms with Crippen LogP contribution in [0.3, 0.4) is 0 Å². The van der Waals surface area contributed by atoms with Gasteiger partial charge in [-0.1, -0.05) is 52.0 Å². The van der Waals surface area contributed by atoms with Crippen LogP contribution in [0.2, 0.25) is 0 Å². The van der Waals surface area contributed by atoms with Gasteiger partial charge in [0.1, 0.15) is 0 Å². The second-order valence-electron chi connectivity index (χ2n) is 9.45. The van der Waals surface area contributed by atoms with Crippen LogP contribution >= 0.6 is 11.6 Å². The Bertz CT molecular complexity index is 1320. The maximum absolute atomic E-state index is 7.00. The van der Waals surface area contributed by atoms with E-state index in [9.17, 15) is 0 Å². The maximum Gasteiger partial charge on any atom is 0.0938 e. The van der Waals surface area contributed by atoms with Crippen molar-refractivity contribution < 1.29 is 9.84 Å². The van der Waals surface area contributed by atoms with E-state index in [4.69, 9.17) is 21.4 Å². The van der Waals surface area contributed by atoms with Gasteiger partial charge < -0.3 is 9.84 Å². The maximum atomic E-state index is 7.00. The monoisotopic (exact) mass is 580 g/mol. The van der Waals surface area contributed by atoms with Gasteiger partial charge >= 0.3 is 0 Å². The number of halogens is 1. The van der Waals surface area contributed by atoms with Gasteiger partial charge in [-0.25, -0.2) is 0 Å². The Labute approximate surface area is 250 Å². The van der Waals surface area contributed by atoms with Gasteiger partial charge in [-0.2, -0.15) is 10.2 Å². The molecule has 41 heavy (non-hydrogen) atoms. The summed E-state index contributed by atoms with van der Waals surface area (Å²) in [7, 11) is 2.70. The molecule has 9 heteroatoms. The molecule has 1 N–H and O–H groups in total. The van der Waals surface area contributed by atoms with E-state index in [2.05, 4.69) is 47.7 Å². The second-order valence-corrected chi connectivity index (χ2v) is 9.71. The molecule has 0 aliphatic heterocycles. The van der Waals surface area contributed by atoms with Crippen LogP contribution in [0.1, 0.15) is 76.6 Å². The number of alkyl halides is 1. The molecule has 0 amide bonds. The highest BCUT2D eigenvalue weighted by Crippen LogP contribution is 2.33. The van der Waals surface area contributed by atoms with E-state index in [0.717, 1.165) is 53.9 Å². The first-order chi connectivity index (χ1) is 19.3. The van der Waals surface area contributed by atoms with Crippen LogP contribution < -0.4 is 0 Å². The standard InChI is InChI=1S/C15H17N3O.C14H16ClN3.CH4O.2CH4/c1-19-11-12-5-4-9-16-15(12)14-8-10-17-18(14)13-6-2-3-7-13;15-10-11-4-3-8-16-14(11)13-7-9-17-18(13)12-5-1-2-6-12;1-2;;/h2-5,8-10,13H,6-7,11H2,1H3;3-4,7-9,12H,1-2,5-6,10H2;2H,1H3;2*1H4. The molecule has 0 atom stereocenters. The zero-order valence-electron chi connectivity index (χ0n) is 22.7. The van der Waals surface area contributed by atoms with Crippen molar-refractivity contribution >= 4 is 11.6 Å². The number of hydrogen-bond acceptors (Lipinski definition) is 6. The van der Waals surface area contributed by atoms with Gasteiger partial charge in [0, 0.05) is 50.5 Å². The number of aliphatic hydroxyl groups is 1. The van der Waals surface area contributed by atoms with Crippen LogP contribution in [0.5, 0.6) is 0 Å². The molecule has 1 saturated carbocycles. The molecule has 4 aromatic rings. The number of pyridine rings is 2. The van der Waals surface area contributed by atoms with Crippen molar-refractivity contribution in [3.63, 3.8) is 0 Å². The lowest BCUT2D eigenvalue weighted by Gasteiger charge is -2.15. The van der Waals surface area contributed by atoms with Crippen molar-refractivity contribution in [2.24, 2.45) is 0 Å². The minimum Gasteiger partial charge on any atom is -0.400 e. The molecule has 0 radical (unpaired) electrons. The molecule has 6 rings (SSSR count). The minimum absolute atomic E-state index is 0. The molecule has 222 valence electrons. The lowest BCUT2D eigenvalue weighted by Crippen LogP contribution is -2.10. The summed E-state index contributed by atoms with van der Waals surface area (Å²) in [4.78, 5) is 8.99. The number of aliphatic hydroxyl groups excluding tert-OH is 1. The van der Waals surface area contributed by atoms with Crippen molar-refractivity contribution in [2.45, 2.75) is 77.9 Å². The Kier molecular flexibility index (Phi) is 14.4. The summed E-state index contributed by atoms with van der Waals surface area (Å²) < 4.78 is 9.47. The zero-order chi connectivity index (χ0) is 27.5. The third kappa shape index (κ3) is 8.12. The number of methoxy groups -OCH3 is 1. The first-order valence-electron chi connectivity index (χ1n) is 13.4. The molecule has 0 unspecified atom stereocenters. The van der Waals surface area contributed by atoms with Gasteiger partial charge in [0.25, 0.3) is 0 Å². The van der Waals surface area contributed by atoms with Crippen molar-refractivity contribution in [3.8, 4) is 22.8 Å².